The molecule has 0 heterocycles. The zero-order valence-corrected chi connectivity index (χ0v) is 18.4. The van der Waals surface area contributed by atoms with E-state index in [1.807, 2.05) is 24.3 Å². The third kappa shape index (κ3) is 13.7. The second-order valence-electron chi connectivity index (χ2n) is 7.23. The quantitative estimate of drug-likeness (QED) is 0.265. The van der Waals surface area contributed by atoms with E-state index in [9.17, 15) is 9.59 Å². The van der Waals surface area contributed by atoms with Crippen molar-refractivity contribution in [3.8, 4) is 5.75 Å². The zero-order valence-electron chi connectivity index (χ0n) is 18.4. The summed E-state index contributed by atoms with van der Waals surface area (Å²) in [5.74, 6) is 0.00901. The molecule has 0 fully saturated rings. The lowest BCUT2D eigenvalue weighted by Gasteiger charge is -2.18. The second kappa shape index (κ2) is 17.5. The minimum absolute atomic E-state index is 0.0656. The summed E-state index contributed by atoms with van der Waals surface area (Å²) in [6.07, 6.45) is 3.88. The van der Waals surface area contributed by atoms with E-state index in [1.165, 1.54) is 0 Å². The van der Waals surface area contributed by atoms with Crippen molar-refractivity contribution < 1.29 is 38.7 Å². The molecule has 31 heavy (non-hydrogen) atoms. The first-order valence-electron chi connectivity index (χ1n) is 10.9. The van der Waals surface area contributed by atoms with Crippen molar-refractivity contribution in [2.45, 2.75) is 64.1 Å². The zero-order chi connectivity index (χ0) is 22.7. The number of unbranched alkanes of at least 4 members (excludes halogenated alkanes) is 4. The number of ether oxygens (including phenoxy) is 4. The van der Waals surface area contributed by atoms with Crippen LogP contribution in [0, 0.1) is 0 Å². The number of esters is 2. The topological polar surface area (TPSA) is 112 Å². The van der Waals surface area contributed by atoms with Gasteiger partial charge in [0.25, 0.3) is 0 Å². The Bertz CT molecular complexity index is 602. The lowest BCUT2D eigenvalue weighted by Crippen LogP contribution is -2.29. The number of methoxy groups -OCH3 is 1. The first-order chi connectivity index (χ1) is 15.1. The monoisotopic (exact) mass is 440 g/mol. The summed E-state index contributed by atoms with van der Waals surface area (Å²) in [5, 5.41) is 17.6. The van der Waals surface area contributed by atoms with E-state index in [-0.39, 0.29) is 51.2 Å². The Labute approximate surface area is 184 Å². The van der Waals surface area contributed by atoms with Crippen molar-refractivity contribution in [1.82, 2.24) is 0 Å². The van der Waals surface area contributed by atoms with Gasteiger partial charge in [0.1, 0.15) is 12.4 Å². The maximum absolute atomic E-state index is 12.1. The van der Waals surface area contributed by atoms with Gasteiger partial charge < -0.3 is 29.2 Å². The van der Waals surface area contributed by atoms with Crippen LogP contribution in [0.5, 0.6) is 5.75 Å². The summed E-state index contributed by atoms with van der Waals surface area (Å²) in [7, 11) is 1.60. The van der Waals surface area contributed by atoms with Gasteiger partial charge in [-0.2, -0.15) is 0 Å². The Morgan fingerprint density at radius 2 is 1.45 bits per heavy atom. The molecular weight excluding hydrogens is 404 g/mol. The number of carbonyl (C=O) groups is 2. The third-order valence-corrected chi connectivity index (χ3v) is 4.54. The van der Waals surface area contributed by atoms with Gasteiger partial charge in [-0.15, -0.1) is 0 Å². The fourth-order valence-electron chi connectivity index (χ4n) is 2.76. The summed E-state index contributed by atoms with van der Waals surface area (Å²) < 4.78 is 21.5. The van der Waals surface area contributed by atoms with Crippen molar-refractivity contribution in [1.29, 1.82) is 0 Å². The molecule has 1 aromatic rings. The van der Waals surface area contributed by atoms with Crippen LogP contribution in [-0.4, -0.2) is 61.8 Å². The van der Waals surface area contributed by atoms with Gasteiger partial charge in [0.2, 0.25) is 0 Å². The van der Waals surface area contributed by atoms with Gasteiger partial charge in [-0.1, -0.05) is 25.0 Å². The normalized spacial score (nSPS) is 11.7. The molecule has 0 aromatic heterocycles. The second-order valence-corrected chi connectivity index (χ2v) is 7.23. The molecule has 0 saturated heterocycles. The Morgan fingerprint density at radius 3 is 2.03 bits per heavy atom. The van der Waals surface area contributed by atoms with Crippen LogP contribution in [-0.2, 0) is 30.4 Å². The number of rotatable bonds is 18. The van der Waals surface area contributed by atoms with E-state index >= 15 is 0 Å². The van der Waals surface area contributed by atoms with Crippen LogP contribution in [0.4, 0.5) is 0 Å². The maximum Gasteiger partial charge on any atom is 0.306 e. The van der Waals surface area contributed by atoms with Crippen molar-refractivity contribution in [3.63, 3.8) is 0 Å². The molecule has 2 N–H and O–H groups in total. The van der Waals surface area contributed by atoms with Gasteiger partial charge in [0, 0.05) is 26.1 Å². The van der Waals surface area contributed by atoms with Crippen LogP contribution in [0.2, 0.25) is 0 Å². The first kappa shape index (κ1) is 26.9. The van der Waals surface area contributed by atoms with E-state index in [2.05, 4.69) is 0 Å². The average molecular weight is 441 g/mol. The molecule has 176 valence electrons. The van der Waals surface area contributed by atoms with Crippen LogP contribution in [0.25, 0.3) is 0 Å². The number of hydrogen-bond acceptors (Lipinski definition) is 8. The fraction of sp³-hybridized carbons (Fsp3) is 0.652. The Balaban J connectivity index is 2.45. The molecular formula is C23H36O8. The fourth-order valence-corrected chi connectivity index (χ4v) is 2.76. The predicted octanol–water partition coefficient (Wildman–Crippen LogP) is 2.77. The molecule has 0 aliphatic rings. The highest BCUT2D eigenvalue weighted by Gasteiger charge is 2.17. The molecule has 8 heteroatoms. The van der Waals surface area contributed by atoms with Crippen LogP contribution < -0.4 is 4.74 Å². The van der Waals surface area contributed by atoms with Gasteiger partial charge in [-0.05, 0) is 43.4 Å². The summed E-state index contributed by atoms with van der Waals surface area (Å²) >= 11 is 0. The van der Waals surface area contributed by atoms with Gasteiger partial charge in [0.15, 0.2) is 6.10 Å². The van der Waals surface area contributed by atoms with Crippen LogP contribution in [0.1, 0.15) is 56.9 Å². The number of aliphatic hydroxyl groups excluding tert-OH is 2. The predicted molar refractivity (Wildman–Crippen MR) is 115 cm³/mol. The number of aliphatic hydroxyl groups is 2. The maximum atomic E-state index is 12.1. The number of benzene rings is 1. The van der Waals surface area contributed by atoms with Crippen LogP contribution in [0.15, 0.2) is 24.3 Å². The largest absolute Gasteiger partial charge is 0.497 e. The Kier molecular flexibility index (Phi) is 15.2. The lowest BCUT2D eigenvalue weighted by atomic mass is 10.2. The molecule has 0 spiro atoms. The molecule has 1 rings (SSSR count). The SMILES string of the molecule is COc1ccc(COC[C@@H](COC(=O)CCCCCO)OC(=O)CCCCCO)cc1. The minimum Gasteiger partial charge on any atom is -0.497 e. The number of hydrogen-bond donors (Lipinski definition) is 2. The third-order valence-electron chi connectivity index (χ3n) is 4.54. The average Bonchev–Trinajstić information content (AvgIpc) is 2.78. The molecule has 0 unspecified atom stereocenters. The first-order valence-corrected chi connectivity index (χ1v) is 10.9. The van der Waals surface area contributed by atoms with Gasteiger partial charge in [0.05, 0.1) is 20.3 Å². The standard InChI is InChI=1S/C23H36O8/c1-28-20-12-10-19(11-13-20)16-29-17-21(31-23(27)9-5-3-7-15-25)18-30-22(26)8-4-2-6-14-24/h10-13,21,24-25H,2-9,14-18H2,1H3/t21-/m0/s1. The summed E-state index contributed by atoms with van der Waals surface area (Å²) in [6, 6.07) is 7.43. The molecule has 0 aliphatic heterocycles. The summed E-state index contributed by atoms with van der Waals surface area (Å²) in [6.45, 7) is 0.571. The summed E-state index contributed by atoms with van der Waals surface area (Å²) in [5.41, 5.74) is 0.941. The van der Waals surface area contributed by atoms with Gasteiger partial charge >= 0.3 is 11.9 Å². The smallest absolute Gasteiger partial charge is 0.306 e. The van der Waals surface area contributed by atoms with Crippen LogP contribution in [0.3, 0.4) is 0 Å². The van der Waals surface area contributed by atoms with Crippen molar-refractivity contribution >= 4 is 11.9 Å². The molecule has 0 saturated carbocycles. The highest BCUT2D eigenvalue weighted by atomic mass is 16.6. The Morgan fingerprint density at radius 1 is 0.839 bits per heavy atom. The molecule has 8 nitrogen and oxygen atoms in total. The molecule has 1 aromatic carbocycles. The van der Waals surface area contributed by atoms with E-state index < -0.39 is 6.10 Å². The van der Waals surface area contributed by atoms with E-state index in [0.29, 0.717) is 32.3 Å². The lowest BCUT2D eigenvalue weighted by molar-refractivity contribution is -0.163. The van der Waals surface area contributed by atoms with Gasteiger partial charge in [-0.3, -0.25) is 9.59 Å². The van der Waals surface area contributed by atoms with Gasteiger partial charge in [-0.25, -0.2) is 0 Å². The molecule has 1 atom stereocenters. The van der Waals surface area contributed by atoms with E-state index in [4.69, 9.17) is 29.2 Å². The summed E-state index contributed by atoms with van der Waals surface area (Å²) in [4.78, 5) is 24.0. The molecule has 0 bridgehead atoms. The van der Waals surface area contributed by atoms with Crippen LogP contribution >= 0.6 is 0 Å². The minimum atomic E-state index is -0.690. The van der Waals surface area contributed by atoms with Crippen molar-refractivity contribution in [2.24, 2.45) is 0 Å². The number of carbonyl (C=O) groups excluding carboxylic acids is 2. The van der Waals surface area contributed by atoms with E-state index in [1.54, 1.807) is 7.11 Å². The highest BCUT2D eigenvalue weighted by molar-refractivity contribution is 5.70. The van der Waals surface area contributed by atoms with E-state index in [0.717, 1.165) is 24.2 Å². The Hall–Kier alpha value is -2.16. The molecule has 0 radical (unpaired) electrons. The highest BCUT2D eigenvalue weighted by Crippen LogP contribution is 2.13. The van der Waals surface area contributed by atoms with Crippen molar-refractivity contribution in [3.05, 3.63) is 29.8 Å². The molecule has 0 aliphatic carbocycles. The molecule has 0 amide bonds. The van der Waals surface area contributed by atoms with Crippen molar-refractivity contribution in [2.75, 3.05) is 33.5 Å².